The second-order valence-electron chi connectivity index (χ2n) is 6.70. The molecule has 0 radical (unpaired) electrons. The molecule has 0 spiro atoms. The van der Waals surface area contributed by atoms with Gasteiger partial charge in [-0.1, -0.05) is 55.8 Å². The Kier molecular flexibility index (Phi) is 6.15. The lowest BCUT2D eigenvalue weighted by molar-refractivity contribution is -0.118. The number of hydrogen-bond acceptors (Lipinski definition) is 2. The second-order valence-corrected chi connectivity index (χ2v) is 7.14. The first-order chi connectivity index (χ1) is 13.0. The number of para-hydroxylation sites is 1. The highest BCUT2D eigenvalue weighted by Crippen LogP contribution is 2.28. The number of benzene rings is 3. The number of hydrogen-bond donors (Lipinski definition) is 1. The highest BCUT2D eigenvalue weighted by Gasteiger charge is 2.24. The van der Waals surface area contributed by atoms with Crippen molar-refractivity contribution < 1.29 is 9.53 Å². The molecule has 27 heavy (non-hydrogen) atoms. The Morgan fingerprint density at radius 2 is 1.44 bits per heavy atom. The third-order valence-electron chi connectivity index (χ3n) is 4.28. The second kappa shape index (κ2) is 8.74. The third-order valence-corrected chi connectivity index (χ3v) is 4.53. The standard InChI is InChI=1S/C23H22ClNO2/c1-16(2)22(17-8-10-18(24)11-9-17)23(26)25-19-12-14-21(15-13-19)27-20-6-4-3-5-7-20/h3-16,22H,1-2H3,(H,25,26)/t22-/m0/s1. The molecule has 0 unspecified atom stereocenters. The molecule has 0 aliphatic heterocycles. The maximum Gasteiger partial charge on any atom is 0.232 e. The van der Waals surface area contributed by atoms with Gasteiger partial charge in [-0.2, -0.15) is 0 Å². The van der Waals surface area contributed by atoms with Gasteiger partial charge in [0.05, 0.1) is 5.92 Å². The van der Waals surface area contributed by atoms with E-state index in [1.165, 1.54) is 0 Å². The summed E-state index contributed by atoms with van der Waals surface area (Å²) in [5.74, 6) is 1.37. The number of ether oxygens (including phenoxy) is 1. The van der Waals surface area contributed by atoms with E-state index < -0.39 is 0 Å². The van der Waals surface area contributed by atoms with Crippen LogP contribution in [0.2, 0.25) is 5.02 Å². The molecule has 0 saturated heterocycles. The van der Waals surface area contributed by atoms with E-state index in [9.17, 15) is 4.79 Å². The van der Waals surface area contributed by atoms with Gasteiger partial charge in [-0.25, -0.2) is 0 Å². The maximum atomic E-state index is 12.8. The van der Waals surface area contributed by atoms with Crippen LogP contribution in [0.15, 0.2) is 78.9 Å². The Morgan fingerprint density at radius 1 is 0.852 bits per heavy atom. The van der Waals surface area contributed by atoms with Crippen molar-refractivity contribution in [3.05, 3.63) is 89.4 Å². The van der Waals surface area contributed by atoms with Gasteiger partial charge in [-0.05, 0) is 60.0 Å². The number of carbonyl (C=O) groups is 1. The average molecular weight is 380 g/mol. The number of amides is 1. The van der Waals surface area contributed by atoms with Gasteiger partial charge in [0.15, 0.2) is 0 Å². The first-order valence-electron chi connectivity index (χ1n) is 8.92. The SMILES string of the molecule is CC(C)[C@H](C(=O)Nc1ccc(Oc2ccccc2)cc1)c1ccc(Cl)cc1. The number of rotatable bonds is 6. The van der Waals surface area contributed by atoms with E-state index in [-0.39, 0.29) is 17.7 Å². The summed E-state index contributed by atoms with van der Waals surface area (Å²) in [4.78, 5) is 12.8. The number of nitrogens with one attached hydrogen (secondary N) is 1. The predicted molar refractivity (Wildman–Crippen MR) is 111 cm³/mol. The van der Waals surface area contributed by atoms with E-state index >= 15 is 0 Å². The van der Waals surface area contributed by atoms with Crippen LogP contribution in [0.25, 0.3) is 0 Å². The normalized spacial score (nSPS) is 11.9. The lowest BCUT2D eigenvalue weighted by atomic mass is 9.87. The molecule has 1 amide bonds. The van der Waals surface area contributed by atoms with Gasteiger partial charge in [0, 0.05) is 10.7 Å². The molecule has 0 fully saturated rings. The fourth-order valence-corrected chi connectivity index (χ4v) is 3.09. The minimum absolute atomic E-state index is 0.0379. The van der Waals surface area contributed by atoms with Crippen LogP contribution in [0, 0.1) is 5.92 Å². The fraction of sp³-hybridized carbons (Fsp3) is 0.174. The van der Waals surface area contributed by atoms with Gasteiger partial charge in [0.1, 0.15) is 11.5 Å². The number of halogens is 1. The van der Waals surface area contributed by atoms with Gasteiger partial charge in [0.25, 0.3) is 0 Å². The fourth-order valence-electron chi connectivity index (χ4n) is 2.96. The monoisotopic (exact) mass is 379 g/mol. The molecule has 0 heterocycles. The van der Waals surface area contributed by atoms with Crippen LogP contribution >= 0.6 is 11.6 Å². The topological polar surface area (TPSA) is 38.3 Å². The van der Waals surface area contributed by atoms with Crippen LogP contribution in [-0.4, -0.2) is 5.91 Å². The van der Waals surface area contributed by atoms with Crippen molar-refractivity contribution in [3.8, 4) is 11.5 Å². The smallest absolute Gasteiger partial charge is 0.232 e. The van der Waals surface area contributed by atoms with Crippen LogP contribution in [0.3, 0.4) is 0 Å². The van der Waals surface area contributed by atoms with E-state index in [0.717, 1.165) is 22.7 Å². The van der Waals surface area contributed by atoms with Crippen molar-refractivity contribution in [2.24, 2.45) is 5.92 Å². The zero-order valence-corrected chi connectivity index (χ0v) is 16.1. The van der Waals surface area contributed by atoms with Gasteiger partial charge in [0.2, 0.25) is 5.91 Å². The molecule has 0 saturated carbocycles. The van der Waals surface area contributed by atoms with Crippen molar-refractivity contribution in [1.29, 1.82) is 0 Å². The Hall–Kier alpha value is -2.78. The molecule has 3 aromatic rings. The van der Waals surface area contributed by atoms with E-state index in [1.807, 2.05) is 92.7 Å². The summed E-state index contributed by atoms with van der Waals surface area (Å²) in [6, 6.07) is 24.4. The molecule has 1 N–H and O–H groups in total. The summed E-state index contributed by atoms with van der Waals surface area (Å²) in [6.45, 7) is 4.07. The molecule has 138 valence electrons. The van der Waals surface area contributed by atoms with E-state index in [4.69, 9.17) is 16.3 Å². The molecule has 3 rings (SSSR count). The zero-order valence-electron chi connectivity index (χ0n) is 15.4. The zero-order chi connectivity index (χ0) is 19.2. The van der Waals surface area contributed by atoms with Crippen LogP contribution in [0.5, 0.6) is 11.5 Å². The lowest BCUT2D eigenvalue weighted by Gasteiger charge is -2.21. The van der Waals surface area contributed by atoms with E-state index in [1.54, 1.807) is 0 Å². The summed E-state index contributed by atoms with van der Waals surface area (Å²) in [6.07, 6.45) is 0. The van der Waals surface area contributed by atoms with Crippen LogP contribution < -0.4 is 10.1 Å². The van der Waals surface area contributed by atoms with Crippen molar-refractivity contribution >= 4 is 23.2 Å². The van der Waals surface area contributed by atoms with Crippen molar-refractivity contribution in [2.45, 2.75) is 19.8 Å². The Morgan fingerprint density at radius 3 is 2.04 bits per heavy atom. The number of anilines is 1. The molecule has 3 aromatic carbocycles. The summed E-state index contributed by atoms with van der Waals surface area (Å²) in [7, 11) is 0. The third kappa shape index (κ3) is 5.11. The lowest BCUT2D eigenvalue weighted by Crippen LogP contribution is -2.25. The molecule has 1 atom stereocenters. The summed E-state index contributed by atoms with van der Waals surface area (Å²) >= 11 is 5.97. The Bertz CT molecular complexity index is 875. The first kappa shape index (κ1) is 19.0. The quantitative estimate of drug-likeness (QED) is 0.530. The molecule has 0 aliphatic carbocycles. The first-order valence-corrected chi connectivity index (χ1v) is 9.30. The van der Waals surface area contributed by atoms with Gasteiger partial charge in [-0.15, -0.1) is 0 Å². The van der Waals surface area contributed by atoms with Gasteiger partial charge < -0.3 is 10.1 Å². The molecule has 0 aliphatic rings. The van der Waals surface area contributed by atoms with Crippen LogP contribution in [-0.2, 0) is 4.79 Å². The maximum absolute atomic E-state index is 12.8. The highest BCUT2D eigenvalue weighted by molar-refractivity contribution is 6.30. The van der Waals surface area contributed by atoms with E-state index in [0.29, 0.717) is 5.02 Å². The van der Waals surface area contributed by atoms with Crippen molar-refractivity contribution in [2.75, 3.05) is 5.32 Å². The van der Waals surface area contributed by atoms with Gasteiger partial charge >= 0.3 is 0 Å². The summed E-state index contributed by atoms with van der Waals surface area (Å²) < 4.78 is 5.78. The Balaban J connectivity index is 1.69. The Labute approximate surface area is 164 Å². The molecule has 0 bridgehead atoms. The number of carbonyl (C=O) groups excluding carboxylic acids is 1. The predicted octanol–water partition coefficient (Wildman–Crippen LogP) is 6.51. The summed E-state index contributed by atoms with van der Waals surface area (Å²) in [5.41, 5.74) is 1.69. The highest BCUT2D eigenvalue weighted by atomic mass is 35.5. The van der Waals surface area contributed by atoms with Crippen LogP contribution in [0.4, 0.5) is 5.69 Å². The summed E-state index contributed by atoms with van der Waals surface area (Å²) in [5, 5.41) is 3.66. The van der Waals surface area contributed by atoms with Gasteiger partial charge in [-0.3, -0.25) is 4.79 Å². The molecule has 0 aromatic heterocycles. The molecular formula is C23H22ClNO2. The minimum atomic E-state index is -0.248. The largest absolute Gasteiger partial charge is 0.457 e. The van der Waals surface area contributed by atoms with Crippen LogP contribution in [0.1, 0.15) is 25.3 Å². The minimum Gasteiger partial charge on any atom is -0.457 e. The average Bonchev–Trinajstić information content (AvgIpc) is 2.66. The molecule has 4 heteroatoms. The molecular weight excluding hydrogens is 358 g/mol. The molecule has 3 nitrogen and oxygen atoms in total. The van der Waals surface area contributed by atoms with E-state index in [2.05, 4.69) is 5.32 Å². The van der Waals surface area contributed by atoms with Crippen molar-refractivity contribution in [1.82, 2.24) is 0 Å². The van der Waals surface area contributed by atoms with Crippen molar-refractivity contribution in [3.63, 3.8) is 0 Å².